The number of hydrogen-bond acceptors (Lipinski definition) is 8. The second kappa shape index (κ2) is 13.2. The summed E-state index contributed by atoms with van der Waals surface area (Å²) in [5, 5.41) is 31.6. The molecule has 0 rings (SSSR count). The number of aliphatic hydroxyl groups is 1. The Balaban J connectivity index is 6.33. The number of carboxylic acid groups (broad SMARTS) is 2. The van der Waals surface area contributed by atoms with E-state index >= 15 is 0 Å². The average Bonchev–Trinajstić information content (AvgIpc) is 2.68. The molecule has 0 aliphatic heterocycles. The lowest BCUT2D eigenvalue weighted by atomic mass is 9.96. The van der Waals surface area contributed by atoms with Gasteiger partial charge >= 0.3 is 11.9 Å². The van der Waals surface area contributed by atoms with E-state index < -0.39 is 72.3 Å². The number of carbonyl (C=O) groups excluding carboxylic acids is 3. The van der Waals surface area contributed by atoms with Crippen molar-refractivity contribution >= 4 is 29.7 Å². The lowest BCUT2D eigenvalue weighted by molar-refractivity contribution is -0.166. The van der Waals surface area contributed by atoms with Crippen LogP contribution in [0.2, 0.25) is 0 Å². The minimum absolute atomic E-state index is 0.0267. The van der Waals surface area contributed by atoms with E-state index in [0.717, 1.165) is 0 Å². The van der Waals surface area contributed by atoms with Crippen molar-refractivity contribution in [1.82, 2.24) is 10.2 Å². The molecule has 0 aliphatic rings. The molecule has 0 aromatic carbocycles. The third-order valence-electron chi connectivity index (χ3n) is 5.09. The topological polar surface area (TPSA) is 213 Å². The molecule has 12 nitrogen and oxygen atoms in total. The van der Waals surface area contributed by atoms with Crippen molar-refractivity contribution in [3.05, 3.63) is 0 Å². The molecule has 2 unspecified atom stereocenters. The van der Waals surface area contributed by atoms with Crippen LogP contribution in [0.1, 0.15) is 54.4 Å². The zero-order valence-electron chi connectivity index (χ0n) is 20.0. The number of aliphatic carboxylic acids is 2. The average molecular weight is 475 g/mol. The number of amides is 3. The number of rotatable bonds is 13. The number of imide groups is 1. The Labute approximate surface area is 193 Å². The zero-order chi connectivity index (χ0) is 26.2. The predicted octanol–water partition coefficient (Wildman–Crippen LogP) is -0.872. The monoisotopic (exact) mass is 474 g/mol. The molecule has 33 heavy (non-hydrogen) atoms. The highest BCUT2D eigenvalue weighted by Gasteiger charge is 2.44. The van der Waals surface area contributed by atoms with Crippen molar-refractivity contribution in [2.75, 3.05) is 0 Å². The maximum atomic E-state index is 13.4. The number of aliphatic hydroxyl groups excluding tert-OH is 1. The number of nitrogens with two attached hydrogens (primary N) is 2. The molecule has 0 saturated heterocycles. The van der Waals surface area contributed by atoms with Gasteiger partial charge in [-0.2, -0.15) is 0 Å². The quantitative estimate of drug-likeness (QED) is 0.194. The molecule has 0 saturated carbocycles. The van der Waals surface area contributed by atoms with Gasteiger partial charge in [-0.3, -0.25) is 24.1 Å². The van der Waals surface area contributed by atoms with Crippen LogP contribution < -0.4 is 16.8 Å². The maximum absolute atomic E-state index is 13.4. The number of hydrogen-bond donors (Lipinski definition) is 6. The van der Waals surface area contributed by atoms with Crippen molar-refractivity contribution in [1.29, 1.82) is 0 Å². The van der Waals surface area contributed by atoms with E-state index in [1.807, 2.05) is 0 Å². The summed E-state index contributed by atoms with van der Waals surface area (Å²) in [5.41, 5.74) is 11.7. The minimum atomic E-state index is -2.12. The van der Waals surface area contributed by atoms with Crippen LogP contribution in [0.5, 0.6) is 0 Å². The van der Waals surface area contributed by atoms with E-state index in [0.29, 0.717) is 0 Å². The Morgan fingerprint density at radius 2 is 1.39 bits per heavy atom. The van der Waals surface area contributed by atoms with Crippen molar-refractivity contribution in [2.45, 2.75) is 84.7 Å². The van der Waals surface area contributed by atoms with Gasteiger partial charge in [0, 0.05) is 6.04 Å². The molecule has 0 aromatic rings. The van der Waals surface area contributed by atoms with Gasteiger partial charge in [0.05, 0.1) is 12.5 Å². The number of nitrogens with one attached hydrogen (secondary N) is 1. The van der Waals surface area contributed by atoms with E-state index in [9.17, 15) is 34.2 Å². The molecule has 3 amide bonds. The molecule has 0 bridgehead atoms. The smallest absolute Gasteiger partial charge is 0.327 e. The van der Waals surface area contributed by atoms with Crippen LogP contribution in [0.15, 0.2) is 0 Å². The second-order valence-corrected chi connectivity index (χ2v) is 9.24. The summed E-state index contributed by atoms with van der Waals surface area (Å²) in [6.07, 6.45) is -2.89. The van der Waals surface area contributed by atoms with Gasteiger partial charge in [-0.25, -0.2) is 4.79 Å². The van der Waals surface area contributed by atoms with Crippen molar-refractivity contribution < 1.29 is 39.3 Å². The lowest BCUT2D eigenvalue weighted by Gasteiger charge is -2.34. The molecule has 0 radical (unpaired) electrons. The Hall–Kier alpha value is -2.57. The van der Waals surface area contributed by atoms with Crippen LogP contribution in [-0.2, 0) is 24.0 Å². The van der Waals surface area contributed by atoms with E-state index in [1.54, 1.807) is 41.5 Å². The summed E-state index contributed by atoms with van der Waals surface area (Å²) in [4.78, 5) is 62.2. The standard InChI is InChI=1S/C21H38N4O8/c1-9(2)7-12(22)17(28)20(31)25(13(21(32)33)8-14(26)27)19(30)16(11(5)6)24-18(29)15(23)10(3)4/h9-13,15-17,28H,7-8,22-23H2,1-6H3,(H,24,29)(H,26,27)(H,32,33)/t12?,13-,15-,16-,17?/m0/s1. The number of carbonyl (C=O) groups is 5. The normalized spacial score (nSPS) is 16.1. The van der Waals surface area contributed by atoms with Gasteiger partial charge in [0.25, 0.3) is 11.8 Å². The first-order valence-corrected chi connectivity index (χ1v) is 10.8. The summed E-state index contributed by atoms with van der Waals surface area (Å²) in [7, 11) is 0. The first-order valence-electron chi connectivity index (χ1n) is 10.8. The van der Waals surface area contributed by atoms with Crippen LogP contribution in [-0.4, -0.2) is 80.2 Å². The van der Waals surface area contributed by atoms with Crippen molar-refractivity contribution in [3.63, 3.8) is 0 Å². The summed E-state index contributed by atoms with van der Waals surface area (Å²) in [5.74, 6) is -7.51. The van der Waals surface area contributed by atoms with Crippen LogP contribution in [0.4, 0.5) is 0 Å². The molecule has 12 heteroatoms. The Morgan fingerprint density at radius 3 is 1.76 bits per heavy atom. The van der Waals surface area contributed by atoms with E-state index in [2.05, 4.69) is 5.32 Å². The summed E-state index contributed by atoms with van der Waals surface area (Å²) in [6.45, 7) is 10.0. The van der Waals surface area contributed by atoms with Gasteiger partial charge in [0.1, 0.15) is 18.2 Å². The van der Waals surface area contributed by atoms with Gasteiger partial charge in [0.2, 0.25) is 5.91 Å². The van der Waals surface area contributed by atoms with Gasteiger partial charge in [0.15, 0.2) is 0 Å². The van der Waals surface area contributed by atoms with Crippen molar-refractivity contribution in [3.8, 4) is 0 Å². The Bertz CT molecular complexity index is 725. The maximum Gasteiger partial charge on any atom is 0.327 e. The molecule has 190 valence electrons. The van der Waals surface area contributed by atoms with Gasteiger partial charge in [-0.15, -0.1) is 0 Å². The second-order valence-electron chi connectivity index (χ2n) is 9.24. The van der Waals surface area contributed by atoms with Crippen LogP contribution in [0.25, 0.3) is 0 Å². The summed E-state index contributed by atoms with van der Waals surface area (Å²) >= 11 is 0. The van der Waals surface area contributed by atoms with E-state index in [1.165, 1.54) is 0 Å². The fourth-order valence-corrected chi connectivity index (χ4v) is 3.08. The predicted molar refractivity (Wildman–Crippen MR) is 119 cm³/mol. The Kier molecular flexibility index (Phi) is 12.2. The van der Waals surface area contributed by atoms with Gasteiger partial charge in [-0.1, -0.05) is 41.5 Å². The first-order chi connectivity index (χ1) is 15.0. The molecule has 8 N–H and O–H groups in total. The highest BCUT2D eigenvalue weighted by molar-refractivity contribution is 6.05. The molecular formula is C21H38N4O8. The summed E-state index contributed by atoms with van der Waals surface area (Å²) in [6, 6.07) is -5.65. The zero-order valence-corrected chi connectivity index (χ0v) is 20.0. The van der Waals surface area contributed by atoms with Crippen molar-refractivity contribution in [2.24, 2.45) is 29.2 Å². The van der Waals surface area contributed by atoms with Crippen LogP contribution >= 0.6 is 0 Å². The molecule has 0 aromatic heterocycles. The summed E-state index contributed by atoms with van der Waals surface area (Å²) < 4.78 is 0. The molecule has 0 fully saturated rings. The van der Waals surface area contributed by atoms with E-state index in [4.69, 9.17) is 16.6 Å². The molecule has 0 heterocycles. The first kappa shape index (κ1) is 30.4. The van der Waals surface area contributed by atoms with Gasteiger partial charge < -0.3 is 32.1 Å². The highest BCUT2D eigenvalue weighted by Crippen LogP contribution is 2.17. The number of nitrogens with zero attached hydrogens (tertiary/aromatic N) is 1. The fourth-order valence-electron chi connectivity index (χ4n) is 3.08. The molecule has 5 atom stereocenters. The van der Waals surface area contributed by atoms with E-state index in [-0.39, 0.29) is 23.2 Å². The SMILES string of the molecule is CC(C)CC(N)C(O)C(=O)N(C(=O)[C@@H](NC(=O)[C@@H](N)C(C)C)C(C)C)[C@@H](CC(=O)O)C(=O)O. The van der Waals surface area contributed by atoms with Crippen LogP contribution in [0, 0.1) is 17.8 Å². The minimum Gasteiger partial charge on any atom is -0.481 e. The largest absolute Gasteiger partial charge is 0.481 e. The Morgan fingerprint density at radius 1 is 0.879 bits per heavy atom. The fraction of sp³-hybridized carbons (Fsp3) is 0.762. The molecular weight excluding hydrogens is 436 g/mol. The third-order valence-corrected chi connectivity index (χ3v) is 5.09. The molecule has 0 aliphatic carbocycles. The lowest BCUT2D eigenvalue weighted by Crippen LogP contribution is -2.62. The molecule has 0 spiro atoms. The number of carboxylic acids is 2. The third kappa shape index (κ3) is 9.06. The van der Waals surface area contributed by atoms with Gasteiger partial charge in [-0.05, 0) is 24.2 Å². The highest BCUT2D eigenvalue weighted by atomic mass is 16.4. The van der Waals surface area contributed by atoms with Crippen LogP contribution in [0.3, 0.4) is 0 Å².